The van der Waals surface area contributed by atoms with Gasteiger partial charge in [-0.2, -0.15) is 0 Å². The van der Waals surface area contributed by atoms with Crippen LogP contribution in [0.1, 0.15) is 59.3 Å². The molecule has 0 aromatic heterocycles. The standard InChI is InChI=1S/C15H28O/c1-4-5-6-7-12(2)14-9-8-13(3)15(10-14)11-16/h8,12,14-16H,4-7,9-11H2,1-3H3. The lowest BCUT2D eigenvalue weighted by Crippen LogP contribution is -2.22. The molecule has 0 heterocycles. The molecular formula is C15H28O. The number of hydrogen-bond acceptors (Lipinski definition) is 1. The van der Waals surface area contributed by atoms with E-state index >= 15 is 0 Å². The van der Waals surface area contributed by atoms with Crippen molar-refractivity contribution in [3.63, 3.8) is 0 Å². The Labute approximate surface area is 101 Å². The highest BCUT2D eigenvalue weighted by atomic mass is 16.3. The summed E-state index contributed by atoms with van der Waals surface area (Å²) >= 11 is 0. The Morgan fingerprint density at radius 3 is 2.81 bits per heavy atom. The highest BCUT2D eigenvalue weighted by molar-refractivity contribution is 5.08. The SMILES string of the molecule is CCCCCC(C)C1CC=C(C)C(CO)C1. The van der Waals surface area contributed by atoms with Gasteiger partial charge in [0.2, 0.25) is 0 Å². The van der Waals surface area contributed by atoms with Crippen molar-refractivity contribution in [1.82, 2.24) is 0 Å². The molecule has 0 amide bonds. The third-order valence-electron chi connectivity index (χ3n) is 4.26. The van der Waals surface area contributed by atoms with Crippen LogP contribution >= 0.6 is 0 Å². The van der Waals surface area contributed by atoms with Gasteiger partial charge in [0, 0.05) is 12.5 Å². The van der Waals surface area contributed by atoms with Crippen LogP contribution < -0.4 is 0 Å². The molecule has 16 heavy (non-hydrogen) atoms. The van der Waals surface area contributed by atoms with E-state index in [0.717, 1.165) is 11.8 Å². The molecule has 0 bridgehead atoms. The number of allylic oxidation sites excluding steroid dienone is 1. The smallest absolute Gasteiger partial charge is 0.0496 e. The molecule has 1 rings (SSSR count). The summed E-state index contributed by atoms with van der Waals surface area (Å²) in [6.45, 7) is 7.15. The molecule has 1 aliphatic rings. The van der Waals surface area contributed by atoms with Crippen molar-refractivity contribution in [1.29, 1.82) is 0 Å². The highest BCUT2D eigenvalue weighted by Gasteiger charge is 2.25. The first kappa shape index (κ1) is 13.8. The van der Waals surface area contributed by atoms with Crippen LogP contribution in [0.2, 0.25) is 0 Å². The van der Waals surface area contributed by atoms with Crippen LogP contribution in [-0.2, 0) is 0 Å². The Morgan fingerprint density at radius 1 is 1.44 bits per heavy atom. The number of hydrogen-bond donors (Lipinski definition) is 1. The lowest BCUT2D eigenvalue weighted by atomic mass is 9.75. The summed E-state index contributed by atoms with van der Waals surface area (Å²) < 4.78 is 0. The molecule has 0 aromatic carbocycles. The van der Waals surface area contributed by atoms with E-state index in [1.165, 1.54) is 44.1 Å². The lowest BCUT2D eigenvalue weighted by molar-refractivity contribution is 0.189. The zero-order chi connectivity index (χ0) is 12.0. The first-order chi connectivity index (χ1) is 7.69. The van der Waals surface area contributed by atoms with Crippen LogP contribution in [0.3, 0.4) is 0 Å². The van der Waals surface area contributed by atoms with Gasteiger partial charge in [0.15, 0.2) is 0 Å². The second-order valence-corrected chi connectivity index (χ2v) is 5.53. The lowest BCUT2D eigenvalue weighted by Gasteiger charge is -2.31. The highest BCUT2D eigenvalue weighted by Crippen LogP contribution is 2.35. The van der Waals surface area contributed by atoms with Gasteiger partial charge >= 0.3 is 0 Å². The van der Waals surface area contributed by atoms with Crippen molar-refractivity contribution in [3.8, 4) is 0 Å². The number of rotatable bonds is 6. The number of aliphatic hydroxyl groups excluding tert-OH is 1. The predicted molar refractivity (Wildman–Crippen MR) is 70.4 cm³/mol. The molecule has 0 aliphatic heterocycles. The van der Waals surface area contributed by atoms with E-state index in [1.54, 1.807) is 0 Å². The van der Waals surface area contributed by atoms with Crippen molar-refractivity contribution >= 4 is 0 Å². The Balaban J connectivity index is 2.37. The molecule has 1 nitrogen and oxygen atoms in total. The zero-order valence-electron chi connectivity index (χ0n) is 11.2. The molecule has 0 saturated heterocycles. The Morgan fingerprint density at radius 2 is 2.19 bits per heavy atom. The van der Waals surface area contributed by atoms with Gasteiger partial charge in [0.05, 0.1) is 0 Å². The fourth-order valence-electron chi connectivity index (χ4n) is 2.79. The minimum absolute atomic E-state index is 0.334. The third kappa shape index (κ3) is 3.93. The van der Waals surface area contributed by atoms with Crippen LogP contribution in [0.15, 0.2) is 11.6 Å². The van der Waals surface area contributed by atoms with Gasteiger partial charge < -0.3 is 5.11 Å². The molecule has 0 radical (unpaired) electrons. The van der Waals surface area contributed by atoms with Gasteiger partial charge in [-0.15, -0.1) is 0 Å². The van der Waals surface area contributed by atoms with E-state index in [4.69, 9.17) is 0 Å². The van der Waals surface area contributed by atoms with Gasteiger partial charge in [-0.05, 0) is 31.6 Å². The molecule has 3 unspecified atom stereocenters. The average molecular weight is 224 g/mol. The monoisotopic (exact) mass is 224 g/mol. The fraction of sp³-hybridized carbons (Fsp3) is 0.867. The van der Waals surface area contributed by atoms with Crippen molar-refractivity contribution in [2.24, 2.45) is 17.8 Å². The van der Waals surface area contributed by atoms with Crippen molar-refractivity contribution in [3.05, 3.63) is 11.6 Å². The van der Waals surface area contributed by atoms with Gasteiger partial charge in [-0.1, -0.05) is 51.2 Å². The summed E-state index contributed by atoms with van der Waals surface area (Å²) in [6.07, 6.45) is 10.2. The van der Waals surface area contributed by atoms with E-state index < -0.39 is 0 Å². The normalized spacial score (nSPS) is 27.6. The molecular weight excluding hydrogens is 196 g/mol. The number of unbranched alkanes of at least 4 members (excludes halogenated alkanes) is 2. The molecule has 0 fully saturated rings. The largest absolute Gasteiger partial charge is 0.396 e. The Hall–Kier alpha value is -0.300. The van der Waals surface area contributed by atoms with Crippen LogP contribution in [0.4, 0.5) is 0 Å². The Kier molecular flexibility index (Phi) is 6.12. The second kappa shape index (κ2) is 7.11. The second-order valence-electron chi connectivity index (χ2n) is 5.53. The van der Waals surface area contributed by atoms with Crippen molar-refractivity contribution in [2.45, 2.75) is 59.3 Å². The summed E-state index contributed by atoms with van der Waals surface area (Å²) in [4.78, 5) is 0. The fourth-order valence-corrected chi connectivity index (χ4v) is 2.79. The number of aliphatic hydroxyl groups is 1. The average Bonchev–Trinajstić information content (AvgIpc) is 2.30. The first-order valence-electron chi connectivity index (χ1n) is 6.96. The summed E-state index contributed by atoms with van der Waals surface area (Å²) in [7, 11) is 0. The minimum Gasteiger partial charge on any atom is -0.396 e. The van der Waals surface area contributed by atoms with E-state index in [1.807, 2.05) is 0 Å². The van der Waals surface area contributed by atoms with E-state index in [9.17, 15) is 5.11 Å². The van der Waals surface area contributed by atoms with Crippen LogP contribution in [0.25, 0.3) is 0 Å². The molecule has 0 aromatic rings. The molecule has 0 spiro atoms. The van der Waals surface area contributed by atoms with Gasteiger partial charge in [-0.3, -0.25) is 0 Å². The topological polar surface area (TPSA) is 20.2 Å². The van der Waals surface area contributed by atoms with Crippen molar-refractivity contribution < 1.29 is 5.11 Å². The molecule has 1 aliphatic carbocycles. The maximum absolute atomic E-state index is 9.33. The summed E-state index contributed by atoms with van der Waals surface area (Å²) in [5, 5.41) is 9.33. The van der Waals surface area contributed by atoms with Crippen molar-refractivity contribution in [2.75, 3.05) is 6.61 Å². The molecule has 1 heteroatoms. The maximum atomic E-state index is 9.33. The first-order valence-corrected chi connectivity index (χ1v) is 6.96. The molecule has 3 atom stereocenters. The third-order valence-corrected chi connectivity index (χ3v) is 4.26. The Bertz CT molecular complexity index is 219. The van der Waals surface area contributed by atoms with E-state index in [0.29, 0.717) is 12.5 Å². The summed E-state index contributed by atoms with van der Waals surface area (Å²) in [5.74, 6) is 2.06. The maximum Gasteiger partial charge on any atom is 0.0496 e. The van der Waals surface area contributed by atoms with Crippen LogP contribution in [0, 0.1) is 17.8 Å². The van der Waals surface area contributed by atoms with Gasteiger partial charge in [0.1, 0.15) is 0 Å². The van der Waals surface area contributed by atoms with Gasteiger partial charge in [0.25, 0.3) is 0 Å². The zero-order valence-corrected chi connectivity index (χ0v) is 11.2. The molecule has 94 valence electrons. The molecule has 0 saturated carbocycles. The van der Waals surface area contributed by atoms with E-state index in [-0.39, 0.29) is 0 Å². The van der Waals surface area contributed by atoms with E-state index in [2.05, 4.69) is 26.8 Å². The predicted octanol–water partition coefficient (Wildman–Crippen LogP) is 4.17. The van der Waals surface area contributed by atoms with Crippen LogP contribution in [0.5, 0.6) is 0 Å². The summed E-state index contributed by atoms with van der Waals surface area (Å²) in [6, 6.07) is 0. The molecule has 1 N–H and O–H groups in total. The minimum atomic E-state index is 0.334. The quantitative estimate of drug-likeness (QED) is 0.530. The summed E-state index contributed by atoms with van der Waals surface area (Å²) in [5.41, 5.74) is 1.40. The van der Waals surface area contributed by atoms with Gasteiger partial charge in [-0.25, -0.2) is 0 Å². The van der Waals surface area contributed by atoms with Crippen LogP contribution in [-0.4, -0.2) is 11.7 Å².